The van der Waals surface area contributed by atoms with E-state index in [9.17, 15) is 0 Å². The van der Waals surface area contributed by atoms with E-state index in [1.165, 1.54) is 0 Å². The van der Waals surface area contributed by atoms with Gasteiger partial charge in [-0.15, -0.1) is 0 Å². The van der Waals surface area contributed by atoms with Gasteiger partial charge in [-0.2, -0.15) is 4.98 Å². The fraction of sp³-hybridized carbons (Fsp3) is 0.643. The molecule has 2 heterocycles. The molecule has 0 radical (unpaired) electrons. The van der Waals surface area contributed by atoms with Crippen LogP contribution in [-0.2, 0) is 4.74 Å². The van der Waals surface area contributed by atoms with Gasteiger partial charge in [0.2, 0.25) is 5.88 Å². The van der Waals surface area contributed by atoms with Crippen LogP contribution in [0.4, 0.5) is 11.5 Å². The van der Waals surface area contributed by atoms with Crippen LogP contribution in [0.15, 0.2) is 12.1 Å². The van der Waals surface area contributed by atoms with E-state index in [-0.39, 0.29) is 0 Å². The normalized spacial score (nSPS) is 16.6. The van der Waals surface area contributed by atoms with Crippen molar-refractivity contribution in [3.8, 4) is 5.88 Å². The van der Waals surface area contributed by atoms with Crippen LogP contribution in [0.25, 0.3) is 0 Å². The zero-order chi connectivity index (χ0) is 13.7. The van der Waals surface area contributed by atoms with Gasteiger partial charge in [0.15, 0.2) is 0 Å². The Morgan fingerprint density at radius 3 is 2.63 bits per heavy atom. The maximum Gasteiger partial charge on any atom is 0.239 e. The fourth-order valence-electron chi connectivity index (χ4n) is 2.36. The molecule has 5 nitrogen and oxygen atoms in total. The van der Waals surface area contributed by atoms with Crippen LogP contribution < -0.4 is 15.4 Å². The SMILES string of the molecule is CCOc1nc(N2CCC(OCC)CC2)ccc1N. The highest BCUT2D eigenvalue weighted by molar-refractivity contribution is 5.54. The molecule has 0 atom stereocenters. The quantitative estimate of drug-likeness (QED) is 0.883. The minimum Gasteiger partial charge on any atom is -0.476 e. The van der Waals surface area contributed by atoms with Crippen molar-refractivity contribution in [2.75, 3.05) is 36.9 Å². The summed E-state index contributed by atoms with van der Waals surface area (Å²) < 4.78 is 11.1. The number of anilines is 2. The van der Waals surface area contributed by atoms with Crippen LogP contribution in [0.5, 0.6) is 5.88 Å². The van der Waals surface area contributed by atoms with E-state index in [1.807, 2.05) is 26.0 Å². The minimum atomic E-state index is 0.390. The number of hydrogen-bond acceptors (Lipinski definition) is 5. The van der Waals surface area contributed by atoms with Crippen LogP contribution in [0, 0.1) is 0 Å². The monoisotopic (exact) mass is 265 g/mol. The molecule has 106 valence electrons. The highest BCUT2D eigenvalue weighted by Crippen LogP contribution is 2.25. The molecule has 2 rings (SSSR count). The summed E-state index contributed by atoms with van der Waals surface area (Å²) in [7, 11) is 0. The van der Waals surface area contributed by atoms with Gasteiger partial charge in [-0.05, 0) is 38.8 Å². The number of nitrogens with two attached hydrogens (primary N) is 1. The van der Waals surface area contributed by atoms with E-state index >= 15 is 0 Å². The molecule has 0 saturated carbocycles. The highest BCUT2D eigenvalue weighted by atomic mass is 16.5. The third-order valence-electron chi connectivity index (χ3n) is 3.32. The third kappa shape index (κ3) is 3.50. The number of nitrogen functional groups attached to an aromatic ring is 1. The summed E-state index contributed by atoms with van der Waals surface area (Å²) in [6.45, 7) is 7.27. The first-order valence-electron chi connectivity index (χ1n) is 7.00. The summed E-state index contributed by atoms with van der Waals surface area (Å²) in [6.07, 6.45) is 2.48. The molecule has 1 aromatic heterocycles. The number of pyridine rings is 1. The zero-order valence-corrected chi connectivity index (χ0v) is 11.8. The van der Waals surface area contributed by atoms with Crippen molar-refractivity contribution in [3.05, 3.63) is 12.1 Å². The molecule has 0 bridgehead atoms. The van der Waals surface area contributed by atoms with E-state index in [0.29, 0.717) is 24.3 Å². The Bertz CT molecular complexity index is 404. The van der Waals surface area contributed by atoms with Gasteiger partial charge < -0.3 is 20.1 Å². The lowest BCUT2D eigenvalue weighted by Gasteiger charge is -2.32. The first-order chi connectivity index (χ1) is 9.24. The second-order valence-electron chi connectivity index (χ2n) is 4.64. The van der Waals surface area contributed by atoms with Gasteiger partial charge in [0, 0.05) is 19.7 Å². The van der Waals surface area contributed by atoms with Crippen molar-refractivity contribution in [2.24, 2.45) is 0 Å². The Hall–Kier alpha value is -1.49. The molecule has 1 aromatic rings. The van der Waals surface area contributed by atoms with E-state index in [2.05, 4.69) is 9.88 Å². The number of ether oxygens (including phenoxy) is 2. The topological polar surface area (TPSA) is 60.6 Å². The van der Waals surface area contributed by atoms with Gasteiger partial charge in [0.25, 0.3) is 0 Å². The minimum absolute atomic E-state index is 0.390. The van der Waals surface area contributed by atoms with Crippen molar-refractivity contribution in [1.29, 1.82) is 0 Å². The largest absolute Gasteiger partial charge is 0.476 e. The number of piperidine rings is 1. The standard InChI is InChI=1S/C14H23N3O2/c1-3-18-11-7-9-17(10-8-11)13-6-5-12(15)14(16-13)19-4-2/h5-6,11H,3-4,7-10,15H2,1-2H3. The summed E-state index contributed by atoms with van der Waals surface area (Å²) in [4.78, 5) is 6.76. The zero-order valence-electron chi connectivity index (χ0n) is 11.8. The molecule has 1 saturated heterocycles. The predicted octanol–water partition coefficient (Wildman–Crippen LogP) is 2.07. The lowest BCUT2D eigenvalue weighted by molar-refractivity contribution is 0.0458. The van der Waals surface area contributed by atoms with Gasteiger partial charge in [-0.1, -0.05) is 0 Å². The first-order valence-corrected chi connectivity index (χ1v) is 7.00. The molecule has 1 aliphatic rings. The number of rotatable bonds is 5. The molecule has 0 spiro atoms. The summed E-state index contributed by atoms with van der Waals surface area (Å²) in [6, 6.07) is 3.82. The van der Waals surface area contributed by atoms with Crippen LogP contribution in [0.1, 0.15) is 26.7 Å². The van der Waals surface area contributed by atoms with Crippen molar-refractivity contribution in [1.82, 2.24) is 4.98 Å². The molecule has 0 aromatic carbocycles. The van der Waals surface area contributed by atoms with Gasteiger partial charge in [-0.3, -0.25) is 0 Å². The van der Waals surface area contributed by atoms with Crippen LogP contribution in [0.3, 0.4) is 0 Å². The van der Waals surface area contributed by atoms with Gasteiger partial charge >= 0.3 is 0 Å². The van der Waals surface area contributed by atoms with Gasteiger partial charge in [-0.25, -0.2) is 0 Å². The smallest absolute Gasteiger partial charge is 0.239 e. The summed E-state index contributed by atoms with van der Waals surface area (Å²) >= 11 is 0. The van der Waals surface area contributed by atoms with Crippen molar-refractivity contribution < 1.29 is 9.47 Å². The second-order valence-corrected chi connectivity index (χ2v) is 4.64. The van der Waals surface area contributed by atoms with E-state index in [0.717, 1.165) is 38.4 Å². The molecule has 1 fully saturated rings. The van der Waals surface area contributed by atoms with Crippen LogP contribution in [-0.4, -0.2) is 37.4 Å². The Labute approximate surface area is 114 Å². The summed E-state index contributed by atoms with van der Waals surface area (Å²) in [5.41, 5.74) is 6.43. The van der Waals surface area contributed by atoms with E-state index in [1.54, 1.807) is 0 Å². The third-order valence-corrected chi connectivity index (χ3v) is 3.32. The highest BCUT2D eigenvalue weighted by Gasteiger charge is 2.20. The number of aromatic nitrogens is 1. The molecule has 5 heteroatoms. The summed E-state index contributed by atoms with van der Waals surface area (Å²) in [5.74, 6) is 1.47. The fourth-order valence-corrected chi connectivity index (χ4v) is 2.36. The molecule has 1 aliphatic heterocycles. The molecular formula is C14H23N3O2. The van der Waals surface area contributed by atoms with Crippen molar-refractivity contribution >= 4 is 11.5 Å². The Balaban J connectivity index is 2.01. The molecular weight excluding hydrogens is 242 g/mol. The first kappa shape index (κ1) is 13.9. The predicted molar refractivity (Wildman–Crippen MR) is 76.7 cm³/mol. The molecule has 0 aliphatic carbocycles. The second kappa shape index (κ2) is 6.61. The molecule has 0 unspecified atom stereocenters. The Morgan fingerprint density at radius 2 is 2.00 bits per heavy atom. The average molecular weight is 265 g/mol. The van der Waals surface area contributed by atoms with E-state index < -0.39 is 0 Å². The molecule has 2 N–H and O–H groups in total. The van der Waals surface area contributed by atoms with Gasteiger partial charge in [0.05, 0.1) is 18.4 Å². The maximum atomic E-state index is 5.84. The lowest BCUT2D eigenvalue weighted by Crippen LogP contribution is -2.37. The number of hydrogen-bond donors (Lipinski definition) is 1. The average Bonchev–Trinajstić information content (AvgIpc) is 2.43. The van der Waals surface area contributed by atoms with E-state index in [4.69, 9.17) is 15.2 Å². The van der Waals surface area contributed by atoms with Gasteiger partial charge in [0.1, 0.15) is 5.82 Å². The molecule has 19 heavy (non-hydrogen) atoms. The molecule has 0 amide bonds. The Morgan fingerprint density at radius 1 is 1.26 bits per heavy atom. The van der Waals surface area contributed by atoms with Crippen molar-refractivity contribution in [2.45, 2.75) is 32.8 Å². The number of nitrogens with zero attached hydrogens (tertiary/aromatic N) is 2. The maximum absolute atomic E-state index is 5.84. The Kier molecular flexibility index (Phi) is 4.85. The lowest BCUT2D eigenvalue weighted by atomic mass is 10.1. The van der Waals surface area contributed by atoms with Crippen LogP contribution in [0.2, 0.25) is 0 Å². The summed E-state index contributed by atoms with van der Waals surface area (Å²) in [5, 5.41) is 0. The van der Waals surface area contributed by atoms with Crippen LogP contribution >= 0.6 is 0 Å². The van der Waals surface area contributed by atoms with Crippen molar-refractivity contribution in [3.63, 3.8) is 0 Å².